The summed E-state index contributed by atoms with van der Waals surface area (Å²) in [5.41, 5.74) is 0.975. The van der Waals surface area contributed by atoms with E-state index in [9.17, 15) is 4.79 Å². The second-order valence-electron chi connectivity index (χ2n) is 5.86. The molecule has 0 saturated carbocycles. The number of ether oxygens (including phenoxy) is 2. The minimum absolute atomic E-state index is 0.290. The fourth-order valence-electron chi connectivity index (χ4n) is 2.55. The number of benzene rings is 1. The summed E-state index contributed by atoms with van der Waals surface area (Å²) in [6, 6.07) is 13.9. The highest BCUT2D eigenvalue weighted by Crippen LogP contribution is 2.30. The minimum Gasteiger partial charge on any atom is -0.493 e. The van der Waals surface area contributed by atoms with Gasteiger partial charge in [-0.1, -0.05) is 12.1 Å². The maximum atomic E-state index is 12.5. The molecule has 0 radical (unpaired) electrons. The number of carbonyl (C=O) groups excluding carboxylic acids is 1. The first-order valence-corrected chi connectivity index (χ1v) is 8.62. The zero-order valence-electron chi connectivity index (χ0n) is 15.4. The summed E-state index contributed by atoms with van der Waals surface area (Å²) in [6.07, 6.45) is 6.08. The van der Waals surface area contributed by atoms with Crippen molar-refractivity contribution in [2.45, 2.75) is 0 Å². The predicted octanol–water partition coefficient (Wildman–Crippen LogP) is 3.11. The van der Waals surface area contributed by atoms with Gasteiger partial charge in [0.1, 0.15) is 18.5 Å². The quantitative estimate of drug-likeness (QED) is 0.541. The lowest BCUT2D eigenvalue weighted by molar-refractivity contribution is 0.102. The summed E-state index contributed by atoms with van der Waals surface area (Å²) in [6.45, 7) is 0. The molecule has 0 aliphatic carbocycles. The molecule has 1 aromatic carbocycles. The number of carbonyl (C=O) groups is 1. The van der Waals surface area contributed by atoms with E-state index in [1.165, 1.54) is 18.9 Å². The lowest BCUT2D eigenvalue weighted by atomic mass is 10.2. The van der Waals surface area contributed by atoms with Crippen LogP contribution in [0.2, 0.25) is 0 Å². The Labute approximate surface area is 166 Å². The molecule has 3 heterocycles. The van der Waals surface area contributed by atoms with Crippen LogP contribution in [0.25, 0.3) is 5.82 Å². The second-order valence-corrected chi connectivity index (χ2v) is 5.86. The average Bonchev–Trinajstić information content (AvgIpc) is 3.31. The van der Waals surface area contributed by atoms with E-state index in [1.54, 1.807) is 54.3 Å². The molecule has 144 valence electrons. The molecule has 9 nitrogen and oxygen atoms in total. The van der Waals surface area contributed by atoms with E-state index in [4.69, 9.17) is 9.47 Å². The van der Waals surface area contributed by atoms with Crippen LogP contribution in [-0.4, -0.2) is 37.7 Å². The molecule has 4 rings (SSSR count). The average molecular weight is 388 g/mol. The molecule has 0 fully saturated rings. The van der Waals surface area contributed by atoms with Gasteiger partial charge >= 0.3 is 0 Å². The Kier molecular flexibility index (Phi) is 5.10. The second kappa shape index (κ2) is 8.17. The van der Waals surface area contributed by atoms with Crippen molar-refractivity contribution in [1.29, 1.82) is 0 Å². The molecule has 0 aliphatic heterocycles. The first-order valence-electron chi connectivity index (χ1n) is 8.62. The number of pyridine rings is 2. The molecule has 0 spiro atoms. The van der Waals surface area contributed by atoms with Gasteiger partial charge in [0.25, 0.3) is 5.91 Å². The van der Waals surface area contributed by atoms with Crippen molar-refractivity contribution < 1.29 is 14.3 Å². The molecular weight excluding hydrogens is 372 g/mol. The van der Waals surface area contributed by atoms with Crippen LogP contribution in [0, 0.1) is 0 Å². The number of nitrogens with one attached hydrogen (secondary N) is 1. The zero-order valence-corrected chi connectivity index (χ0v) is 15.4. The molecule has 0 unspecified atom stereocenters. The van der Waals surface area contributed by atoms with Gasteiger partial charge in [0.15, 0.2) is 11.5 Å². The SMILES string of the molecule is COc1ccccc1Oc1ccc(NC(=O)c2ccnc(-n3cnnc3)c2)cn1. The molecule has 0 aliphatic rings. The third-order valence-corrected chi connectivity index (χ3v) is 3.97. The lowest BCUT2D eigenvalue weighted by Gasteiger charge is -2.10. The number of anilines is 1. The standard InChI is InChI=1S/C20H16N6O3/c1-28-16-4-2-3-5-17(16)29-19-7-6-15(11-22-19)25-20(27)14-8-9-21-18(10-14)26-12-23-24-13-26/h2-13H,1H3,(H,25,27). The smallest absolute Gasteiger partial charge is 0.255 e. The normalized spacial score (nSPS) is 10.4. The topological polar surface area (TPSA) is 104 Å². The van der Waals surface area contributed by atoms with Crippen LogP contribution < -0.4 is 14.8 Å². The number of methoxy groups -OCH3 is 1. The number of rotatable bonds is 6. The van der Waals surface area contributed by atoms with Crippen LogP contribution in [0.3, 0.4) is 0 Å². The van der Waals surface area contributed by atoms with E-state index in [0.29, 0.717) is 34.4 Å². The van der Waals surface area contributed by atoms with Crippen LogP contribution >= 0.6 is 0 Å². The highest BCUT2D eigenvalue weighted by Gasteiger charge is 2.10. The maximum Gasteiger partial charge on any atom is 0.255 e. The molecule has 4 aromatic rings. The zero-order chi connectivity index (χ0) is 20.1. The first kappa shape index (κ1) is 18.1. The van der Waals surface area contributed by atoms with Gasteiger partial charge in [-0.15, -0.1) is 10.2 Å². The fraction of sp³-hybridized carbons (Fsp3) is 0.0500. The third-order valence-electron chi connectivity index (χ3n) is 3.97. The van der Waals surface area contributed by atoms with Crippen molar-refractivity contribution in [3.05, 3.63) is 79.1 Å². The molecule has 3 aromatic heterocycles. The van der Waals surface area contributed by atoms with Crippen LogP contribution in [0.4, 0.5) is 5.69 Å². The van der Waals surface area contributed by atoms with Gasteiger partial charge in [0.2, 0.25) is 5.88 Å². The van der Waals surface area contributed by atoms with Gasteiger partial charge in [-0.2, -0.15) is 0 Å². The number of hydrogen-bond acceptors (Lipinski definition) is 7. The van der Waals surface area contributed by atoms with Crippen LogP contribution in [0.5, 0.6) is 17.4 Å². The Hall–Kier alpha value is -4.27. The lowest BCUT2D eigenvalue weighted by Crippen LogP contribution is -2.13. The largest absolute Gasteiger partial charge is 0.493 e. The molecule has 9 heteroatoms. The van der Waals surface area contributed by atoms with Crippen molar-refractivity contribution in [3.63, 3.8) is 0 Å². The third kappa shape index (κ3) is 4.19. The van der Waals surface area contributed by atoms with Crippen molar-refractivity contribution in [1.82, 2.24) is 24.7 Å². The summed E-state index contributed by atoms with van der Waals surface area (Å²) in [5, 5.41) is 10.3. The van der Waals surface area contributed by atoms with Gasteiger partial charge in [-0.25, -0.2) is 9.97 Å². The number of hydrogen-bond donors (Lipinski definition) is 1. The Balaban J connectivity index is 1.45. The van der Waals surface area contributed by atoms with Crippen molar-refractivity contribution >= 4 is 11.6 Å². The Morgan fingerprint density at radius 3 is 2.52 bits per heavy atom. The molecule has 0 bridgehead atoms. The van der Waals surface area contributed by atoms with Gasteiger partial charge in [-0.05, 0) is 30.3 Å². The summed E-state index contributed by atoms with van der Waals surface area (Å²) in [7, 11) is 1.57. The van der Waals surface area contributed by atoms with E-state index >= 15 is 0 Å². The van der Waals surface area contributed by atoms with E-state index in [-0.39, 0.29) is 5.91 Å². The van der Waals surface area contributed by atoms with Crippen LogP contribution in [0.15, 0.2) is 73.6 Å². The van der Waals surface area contributed by atoms with Crippen molar-refractivity contribution in [2.75, 3.05) is 12.4 Å². The van der Waals surface area contributed by atoms with Gasteiger partial charge < -0.3 is 14.8 Å². The van der Waals surface area contributed by atoms with Gasteiger partial charge in [0, 0.05) is 17.8 Å². The minimum atomic E-state index is -0.290. The summed E-state index contributed by atoms with van der Waals surface area (Å²) >= 11 is 0. The first-order chi connectivity index (χ1) is 14.2. The van der Waals surface area contributed by atoms with Crippen LogP contribution in [0.1, 0.15) is 10.4 Å². The highest BCUT2D eigenvalue weighted by atomic mass is 16.5. The number of para-hydroxylation sites is 2. The summed E-state index contributed by atoms with van der Waals surface area (Å²) < 4.78 is 12.6. The Morgan fingerprint density at radius 1 is 1.00 bits per heavy atom. The predicted molar refractivity (Wildman–Crippen MR) is 104 cm³/mol. The highest BCUT2D eigenvalue weighted by molar-refractivity contribution is 6.04. The number of nitrogens with zero attached hydrogens (tertiary/aromatic N) is 5. The molecule has 1 amide bonds. The van der Waals surface area contributed by atoms with Gasteiger partial charge in [0.05, 0.1) is 19.0 Å². The van der Waals surface area contributed by atoms with Gasteiger partial charge in [-0.3, -0.25) is 9.36 Å². The molecule has 0 saturated heterocycles. The van der Waals surface area contributed by atoms with Crippen molar-refractivity contribution in [3.8, 4) is 23.2 Å². The Bertz CT molecular complexity index is 1110. The summed E-state index contributed by atoms with van der Waals surface area (Å²) in [4.78, 5) is 21.0. The molecular formula is C20H16N6O3. The fourth-order valence-corrected chi connectivity index (χ4v) is 2.55. The Morgan fingerprint density at radius 2 is 1.79 bits per heavy atom. The van der Waals surface area contributed by atoms with Crippen LogP contribution in [-0.2, 0) is 0 Å². The number of aromatic nitrogens is 5. The molecule has 1 N–H and O–H groups in total. The molecule has 0 atom stereocenters. The monoisotopic (exact) mass is 388 g/mol. The maximum absolute atomic E-state index is 12.5. The van der Waals surface area contributed by atoms with E-state index in [1.807, 2.05) is 12.1 Å². The van der Waals surface area contributed by atoms with E-state index in [0.717, 1.165) is 0 Å². The van der Waals surface area contributed by atoms with E-state index < -0.39 is 0 Å². The number of amides is 1. The van der Waals surface area contributed by atoms with E-state index in [2.05, 4.69) is 25.5 Å². The molecule has 29 heavy (non-hydrogen) atoms. The summed E-state index contributed by atoms with van der Waals surface area (Å²) in [5.74, 6) is 1.79. The van der Waals surface area contributed by atoms with Crippen molar-refractivity contribution in [2.24, 2.45) is 0 Å².